The number of phenols is 1. The number of aromatic hydroxyl groups is 1. The Balaban J connectivity index is 1.88. The van der Waals surface area contributed by atoms with E-state index in [0.29, 0.717) is 19.0 Å². The van der Waals surface area contributed by atoms with Crippen LogP contribution < -0.4 is 0 Å². The molecule has 2 rings (SSSR count). The maximum Gasteiger partial charge on any atom is 0.246 e. The van der Waals surface area contributed by atoms with E-state index in [0.717, 1.165) is 18.4 Å². The van der Waals surface area contributed by atoms with Gasteiger partial charge in [0.2, 0.25) is 5.91 Å². The summed E-state index contributed by atoms with van der Waals surface area (Å²) in [6, 6.07) is 6.72. The Bertz CT molecular complexity index is 471. The number of carbonyl (C=O) groups excluding carboxylic acids is 1. The van der Waals surface area contributed by atoms with Gasteiger partial charge in [-0.25, -0.2) is 0 Å². The van der Waals surface area contributed by atoms with Crippen molar-refractivity contribution in [3.05, 3.63) is 35.9 Å². The Kier molecular flexibility index (Phi) is 4.79. The van der Waals surface area contributed by atoms with Crippen LogP contribution in [0.15, 0.2) is 30.3 Å². The number of likely N-dealkylation sites (tertiary alicyclic amines) is 1. The van der Waals surface area contributed by atoms with E-state index in [4.69, 9.17) is 0 Å². The van der Waals surface area contributed by atoms with Crippen molar-refractivity contribution in [3.8, 4) is 5.75 Å². The quantitative estimate of drug-likeness (QED) is 0.830. The van der Waals surface area contributed by atoms with Gasteiger partial charge in [0.15, 0.2) is 0 Å². The van der Waals surface area contributed by atoms with Crippen LogP contribution >= 0.6 is 0 Å². The molecule has 0 aromatic heterocycles. The first kappa shape index (κ1) is 14.6. The molecule has 0 saturated carbocycles. The summed E-state index contributed by atoms with van der Waals surface area (Å²) >= 11 is 0. The van der Waals surface area contributed by atoms with Gasteiger partial charge < -0.3 is 15.1 Å². The zero-order chi connectivity index (χ0) is 14.5. The number of aliphatic hydroxyl groups is 1. The van der Waals surface area contributed by atoms with Gasteiger partial charge in [0.05, 0.1) is 6.10 Å². The van der Waals surface area contributed by atoms with Crippen molar-refractivity contribution in [2.75, 3.05) is 13.1 Å². The highest BCUT2D eigenvalue weighted by Crippen LogP contribution is 2.20. The third-order valence-electron chi connectivity index (χ3n) is 3.84. The van der Waals surface area contributed by atoms with Crippen molar-refractivity contribution in [1.29, 1.82) is 0 Å². The molecule has 1 aliphatic rings. The Hall–Kier alpha value is -1.81. The molecule has 0 radical (unpaired) electrons. The van der Waals surface area contributed by atoms with Crippen LogP contribution in [0, 0.1) is 5.92 Å². The van der Waals surface area contributed by atoms with E-state index < -0.39 is 0 Å². The minimum atomic E-state index is -0.292. The molecule has 0 bridgehead atoms. The average Bonchev–Trinajstić information content (AvgIpc) is 2.46. The maximum atomic E-state index is 12.0. The molecule has 4 nitrogen and oxygen atoms in total. The van der Waals surface area contributed by atoms with E-state index in [1.54, 1.807) is 36.4 Å². The molecule has 1 aliphatic heterocycles. The van der Waals surface area contributed by atoms with Gasteiger partial charge in [0, 0.05) is 19.2 Å². The van der Waals surface area contributed by atoms with Gasteiger partial charge in [-0.05, 0) is 49.5 Å². The topological polar surface area (TPSA) is 60.8 Å². The molecule has 0 spiro atoms. The molecule has 1 atom stereocenters. The lowest BCUT2D eigenvalue weighted by molar-refractivity contribution is -0.127. The summed E-state index contributed by atoms with van der Waals surface area (Å²) in [4.78, 5) is 13.9. The number of carbonyl (C=O) groups is 1. The van der Waals surface area contributed by atoms with Gasteiger partial charge in [-0.2, -0.15) is 0 Å². The summed E-state index contributed by atoms with van der Waals surface area (Å²) in [6.45, 7) is 3.22. The van der Waals surface area contributed by atoms with E-state index in [1.165, 1.54) is 0 Å². The maximum absolute atomic E-state index is 12.0. The van der Waals surface area contributed by atoms with E-state index in [-0.39, 0.29) is 17.8 Å². The second-order valence-corrected chi connectivity index (χ2v) is 5.33. The first-order valence-corrected chi connectivity index (χ1v) is 7.00. The minimum absolute atomic E-state index is 0.00196. The summed E-state index contributed by atoms with van der Waals surface area (Å²) in [5.74, 6) is 0.524. The van der Waals surface area contributed by atoms with E-state index in [1.807, 2.05) is 11.8 Å². The summed E-state index contributed by atoms with van der Waals surface area (Å²) in [7, 11) is 0. The van der Waals surface area contributed by atoms with Gasteiger partial charge in [0.1, 0.15) is 5.75 Å². The van der Waals surface area contributed by atoms with Crippen molar-refractivity contribution >= 4 is 12.0 Å². The number of piperidine rings is 1. The van der Waals surface area contributed by atoms with Crippen LogP contribution in [0.25, 0.3) is 6.08 Å². The van der Waals surface area contributed by atoms with Crippen LogP contribution in [-0.2, 0) is 4.79 Å². The molecule has 1 aromatic carbocycles. The highest BCUT2D eigenvalue weighted by molar-refractivity contribution is 5.91. The Morgan fingerprint density at radius 1 is 1.30 bits per heavy atom. The fourth-order valence-corrected chi connectivity index (χ4v) is 2.46. The second-order valence-electron chi connectivity index (χ2n) is 5.33. The first-order chi connectivity index (χ1) is 9.56. The normalized spacial score (nSPS) is 18.4. The number of amides is 1. The number of rotatable bonds is 3. The molecule has 20 heavy (non-hydrogen) atoms. The minimum Gasteiger partial charge on any atom is -0.508 e. The molecule has 1 amide bonds. The van der Waals surface area contributed by atoms with Gasteiger partial charge in [-0.1, -0.05) is 12.1 Å². The van der Waals surface area contributed by atoms with E-state index in [9.17, 15) is 15.0 Å². The Morgan fingerprint density at radius 2 is 1.90 bits per heavy atom. The molecule has 1 fully saturated rings. The molecule has 1 aromatic rings. The third kappa shape index (κ3) is 3.84. The molecule has 1 unspecified atom stereocenters. The van der Waals surface area contributed by atoms with Crippen molar-refractivity contribution < 1.29 is 15.0 Å². The molecular formula is C16H21NO3. The second kappa shape index (κ2) is 6.57. The number of benzene rings is 1. The van der Waals surface area contributed by atoms with Crippen LogP contribution in [0.2, 0.25) is 0 Å². The molecule has 108 valence electrons. The van der Waals surface area contributed by atoms with E-state index >= 15 is 0 Å². The summed E-state index contributed by atoms with van der Waals surface area (Å²) in [5.41, 5.74) is 0.884. The van der Waals surface area contributed by atoms with Crippen molar-refractivity contribution in [2.45, 2.75) is 25.9 Å². The third-order valence-corrected chi connectivity index (χ3v) is 3.84. The molecule has 4 heteroatoms. The van der Waals surface area contributed by atoms with Crippen molar-refractivity contribution in [1.82, 2.24) is 4.90 Å². The SMILES string of the molecule is CC(O)C1CCN(C(=O)/C=C/c2ccc(O)cc2)CC1. The van der Waals surface area contributed by atoms with Crippen molar-refractivity contribution in [2.24, 2.45) is 5.92 Å². The zero-order valence-corrected chi connectivity index (χ0v) is 11.7. The number of aliphatic hydroxyl groups excluding tert-OH is 1. The predicted molar refractivity (Wildman–Crippen MR) is 78.1 cm³/mol. The Labute approximate surface area is 119 Å². The average molecular weight is 275 g/mol. The van der Waals surface area contributed by atoms with Crippen LogP contribution in [-0.4, -0.2) is 40.2 Å². The highest BCUT2D eigenvalue weighted by Gasteiger charge is 2.24. The highest BCUT2D eigenvalue weighted by atomic mass is 16.3. The van der Waals surface area contributed by atoms with Crippen LogP contribution in [0.1, 0.15) is 25.3 Å². The van der Waals surface area contributed by atoms with Crippen LogP contribution in [0.3, 0.4) is 0 Å². The van der Waals surface area contributed by atoms with Crippen LogP contribution in [0.5, 0.6) is 5.75 Å². The molecule has 1 saturated heterocycles. The Morgan fingerprint density at radius 3 is 2.45 bits per heavy atom. The molecule has 1 heterocycles. The van der Waals surface area contributed by atoms with Crippen LogP contribution in [0.4, 0.5) is 0 Å². The number of nitrogens with zero attached hydrogens (tertiary/aromatic N) is 1. The number of phenolic OH excluding ortho intramolecular Hbond substituents is 1. The fourth-order valence-electron chi connectivity index (χ4n) is 2.46. The largest absolute Gasteiger partial charge is 0.508 e. The summed E-state index contributed by atoms with van der Waals surface area (Å²) < 4.78 is 0. The number of hydrogen-bond donors (Lipinski definition) is 2. The van der Waals surface area contributed by atoms with Gasteiger partial charge in [-0.3, -0.25) is 4.79 Å². The lowest BCUT2D eigenvalue weighted by Gasteiger charge is -2.32. The molecule has 2 N–H and O–H groups in total. The van der Waals surface area contributed by atoms with E-state index in [2.05, 4.69) is 0 Å². The van der Waals surface area contributed by atoms with Gasteiger partial charge in [0.25, 0.3) is 0 Å². The van der Waals surface area contributed by atoms with Crippen molar-refractivity contribution in [3.63, 3.8) is 0 Å². The fraction of sp³-hybridized carbons (Fsp3) is 0.438. The summed E-state index contributed by atoms with van der Waals surface area (Å²) in [5, 5.41) is 18.7. The first-order valence-electron chi connectivity index (χ1n) is 7.00. The zero-order valence-electron chi connectivity index (χ0n) is 11.7. The standard InChI is InChI=1S/C16H21NO3/c1-12(18)14-8-10-17(11-9-14)16(20)7-4-13-2-5-15(19)6-3-13/h2-7,12,14,18-19H,8-11H2,1H3/b7-4+. The van der Waals surface area contributed by atoms with Gasteiger partial charge in [-0.15, -0.1) is 0 Å². The smallest absolute Gasteiger partial charge is 0.246 e. The molecule has 0 aliphatic carbocycles. The predicted octanol–water partition coefficient (Wildman–Crippen LogP) is 2.02. The lowest BCUT2D eigenvalue weighted by atomic mass is 9.92. The lowest BCUT2D eigenvalue weighted by Crippen LogP contribution is -2.39. The monoisotopic (exact) mass is 275 g/mol. The summed E-state index contributed by atoms with van der Waals surface area (Å²) in [6.07, 6.45) is 4.74. The van der Waals surface area contributed by atoms with Gasteiger partial charge >= 0.3 is 0 Å². The number of hydrogen-bond acceptors (Lipinski definition) is 3. The molecular weight excluding hydrogens is 254 g/mol.